The van der Waals surface area contributed by atoms with E-state index in [0.717, 1.165) is 17.2 Å². The van der Waals surface area contributed by atoms with Crippen molar-refractivity contribution in [2.45, 2.75) is 17.5 Å². The Balaban J connectivity index is 1.39. The highest BCUT2D eigenvalue weighted by Gasteiger charge is 2.52. The van der Waals surface area contributed by atoms with Gasteiger partial charge in [-0.1, -0.05) is 6.07 Å². The van der Waals surface area contributed by atoms with E-state index in [0.29, 0.717) is 29.7 Å². The summed E-state index contributed by atoms with van der Waals surface area (Å²) >= 11 is 1.46. The zero-order chi connectivity index (χ0) is 20.5. The van der Waals surface area contributed by atoms with Gasteiger partial charge in [-0.2, -0.15) is 13.2 Å². The van der Waals surface area contributed by atoms with Crippen molar-refractivity contribution in [3.05, 3.63) is 65.2 Å². The molecule has 0 N–H and O–H groups in total. The van der Waals surface area contributed by atoms with Gasteiger partial charge in [0, 0.05) is 23.4 Å². The summed E-state index contributed by atoms with van der Waals surface area (Å²) in [7, 11) is 0. The molecular weight excluding hydrogens is 421 g/mol. The summed E-state index contributed by atoms with van der Waals surface area (Å²) in [5.74, 6) is 1.83. The van der Waals surface area contributed by atoms with Crippen LogP contribution < -0.4 is 18.5 Å². The Morgan fingerprint density at radius 3 is 2.67 bits per heavy atom. The Kier molecular flexibility index (Phi) is 3.57. The molecule has 3 aliphatic rings. The van der Waals surface area contributed by atoms with Crippen LogP contribution in [0.5, 0.6) is 17.2 Å². The summed E-state index contributed by atoms with van der Waals surface area (Å²) in [6.07, 6.45) is -2.86. The highest BCUT2D eigenvalue weighted by atomic mass is 32.2. The van der Waals surface area contributed by atoms with Gasteiger partial charge < -0.3 is 18.6 Å². The molecule has 1 unspecified atom stereocenters. The van der Waals surface area contributed by atoms with E-state index in [2.05, 4.69) is 4.98 Å². The smallest absolute Gasteiger partial charge is 0.449 e. The molecule has 2 aromatic heterocycles. The number of fused-ring (bicyclic) bond motifs is 5. The summed E-state index contributed by atoms with van der Waals surface area (Å²) in [6.45, 7) is 0.645. The fraction of sp³-hybridized carbons (Fsp3) is 0.250. The molecule has 0 saturated heterocycles. The molecule has 3 aromatic rings. The van der Waals surface area contributed by atoms with Crippen molar-refractivity contribution in [2.24, 2.45) is 0 Å². The maximum Gasteiger partial charge on any atom is 0.449 e. The molecule has 6 nitrogen and oxygen atoms in total. The Morgan fingerprint density at radius 1 is 1.03 bits per heavy atom. The maximum atomic E-state index is 12.9. The predicted molar refractivity (Wildman–Crippen MR) is 101 cm³/mol. The number of rotatable bonds is 2. The Hall–Kier alpha value is -3.01. The molecule has 1 atom stereocenters. The Labute approximate surface area is 172 Å². The monoisotopic (exact) mass is 434 g/mol. The van der Waals surface area contributed by atoms with Crippen LogP contribution in [0.4, 0.5) is 19.0 Å². The summed E-state index contributed by atoms with van der Waals surface area (Å²) in [6, 6.07) is 9.81. The van der Waals surface area contributed by atoms with E-state index in [1.807, 2.05) is 28.6 Å². The number of pyridine rings is 1. The van der Waals surface area contributed by atoms with Gasteiger partial charge in [-0.3, -0.25) is 4.31 Å². The molecule has 30 heavy (non-hydrogen) atoms. The second kappa shape index (κ2) is 6.00. The number of benzene rings is 1. The second-order valence-corrected chi connectivity index (χ2v) is 8.40. The van der Waals surface area contributed by atoms with E-state index < -0.39 is 16.7 Å². The van der Waals surface area contributed by atoms with Gasteiger partial charge in [0.25, 0.3) is 0 Å². The van der Waals surface area contributed by atoms with E-state index >= 15 is 0 Å². The number of hydrogen-bond acceptors (Lipinski definition) is 7. The fourth-order valence-corrected chi connectivity index (χ4v) is 5.40. The lowest BCUT2D eigenvalue weighted by Gasteiger charge is -2.23. The van der Waals surface area contributed by atoms with Gasteiger partial charge in [-0.25, -0.2) is 4.98 Å². The van der Waals surface area contributed by atoms with Crippen molar-refractivity contribution in [3.8, 4) is 17.2 Å². The Morgan fingerprint density at radius 2 is 1.87 bits per heavy atom. The minimum atomic E-state index is -4.52. The number of alkyl halides is 3. The number of anilines is 1. The fourth-order valence-electron chi connectivity index (χ4n) is 3.97. The number of aromatic nitrogens is 1. The molecule has 154 valence electrons. The molecule has 0 fully saturated rings. The number of halogens is 3. The number of nitrogens with zero attached hydrogens (tertiary/aromatic N) is 2. The molecular formula is C20H13F3N2O4S. The molecule has 1 aromatic carbocycles. The van der Waals surface area contributed by atoms with Crippen LogP contribution in [0.1, 0.15) is 22.6 Å². The Bertz CT molecular complexity index is 1170. The first-order valence-electron chi connectivity index (χ1n) is 9.09. The molecule has 1 spiro atoms. The normalized spacial score (nSPS) is 21.1. The number of hydrogen-bond donors (Lipinski definition) is 0. The topological polar surface area (TPSA) is 57.0 Å². The highest BCUT2D eigenvalue weighted by Crippen LogP contribution is 2.61. The van der Waals surface area contributed by atoms with Crippen LogP contribution in [-0.4, -0.2) is 18.4 Å². The van der Waals surface area contributed by atoms with Crippen LogP contribution in [0.25, 0.3) is 0 Å². The summed E-state index contributed by atoms with van der Waals surface area (Å²) < 4.78 is 62.0. The molecule has 6 rings (SSSR count). The van der Waals surface area contributed by atoms with E-state index in [9.17, 15) is 13.2 Å². The first-order valence-corrected chi connectivity index (χ1v) is 9.86. The van der Waals surface area contributed by atoms with Gasteiger partial charge >= 0.3 is 6.18 Å². The number of furan rings is 1. The molecule has 5 heterocycles. The predicted octanol–water partition coefficient (Wildman–Crippen LogP) is 4.73. The van der Waals surface area contributed by atoms with Crippen LogP contribution >= 0.6 is 11.9 Å². The van der Waals surface area contributed by atoms with Gasteiger partial charge in [0.2, 0.25) is 12.6 Å². The minimum Gasteiger partial charge on any atom is -0.491 e. The minimum absolute atomic E-state index is 0.131. The van der Waals surface area contributed by atoms with Crippen LogP contribution in [0.3, 0.4) is 0 Å². The summed E-state index contributed by atoms with van der Waals surface area (Å²) in [5, 5.41) is 0. The third-order valence-electron chi connectivity index (χ3n) is 5.31. The van der Waals surface area contributed by atoms with Crippen LogP contribution in [0.2, 0.25) is 0 Å². The van der Waals surface area contributed by atoms with Crippen molar-refractivity contribution in [3.63, 3.8) is 0 Å². The quantitative estimate of drug-likeness (QED) is 0.541. The lowest BCUT2D eigenvalue weighted by Crippen LogP contribution is -2.24. The SMILES string of the molecule is FC(F)(F)c1ccc(CN2SC3(COc4cc5c(cc43)OCO5)c3cccnc32)o1. The molecule has 0 amide bonds. The molecule has 10 heteroatoms. The van der Waals surface area contributed by atoms with Crippen molar-refractivity contribution < 1.29 is 31.8 Å². The third-order valence-corrected chi connectivity index (χ3v) is 6.70. The van der Waals surface area contributed by atoms with Gasteiger partial charge in [0.1, 0.15) is 28.7 Å². The maximum absolute atomic E-state index is 12.9. The number of ether oxygens (including phenoxy) is 3. The van der Waals surface area contributed by atoms with E-state index in [-0.39, 0.29) is 19.1 Å². The van der Waals surface area contributed by atoms with Crippen LogP contribution in [0, 0.1) is 0 Å². The van der Waals surface area contributed by atoms with Crippen LogP contribution in [0.15, 0.2) is 47.0 Å². The lowest BCUT2D eigenvalue weighted by molar-refractivity contribution is -0.153. The van der Waals surface area contributed by atoms with Gasteiger partial charge in [0.15, 0.2) is 11.5 Å². The first-order chi connectivity index (χ1) is 14.4. The van der Waals surface area contributed by atoms with Crippen molar-refractivity contribution >= 4 is 17.8 Å². The van der Waals surface area contributed by atoms with E-state index in [1.165, 1.54) is 18.0 Å². The van der Waals surface area contributed by atoms with Gasteiger partial charge in [-0.05, 0) is 36.2 Å². The lowest BCUT2D eigenvalue weighted by atomic mass is 9.92. The van der Waals surface area contributed by atoms with Gasteiger partial charge in [0.05, 0.1) is 6.54 Å². The zero-order valence-corrected chi connectivity index (χ0v) is 16.0. The standard InChI is InChI=1S/C20H13F3N2O4S/c21-20(22,23)17-4-3-11(29-17)8-25-18-12(2-1-5-24-18)19(30-25)9-26-14-7-16-15(6-13(14)19)27-10-28-16/h1-7H,8-10H2. The summed E-state index contributed by atoms with van der Waals surface area (Å²) in [4.78, 5) is 4.49. The molecule has 0 saturated carbocycles. The van der Waals surface area contributed by atoms with Crippen molar-refractivity contribution in [1.29, 1.82) is 0 Å². The van der Waals surface area contributed by atoms with E-state index in [1.54, 1.807) is 6.20 Å². The molecule has 0 bridgehead atoms. The zero-order valence-electron chi connectivity index (χ0n) is 15.2. The average Bonchev–Trinajstić information content (AvgIpc) is 3.49. The van der Waals surface area contributed by atoms with Crippen molar-refractivity contribution in [2.75, 3.05) is 17.7 Å². The van der Waals surface area contributed by atoms with Crippen LogP contribution in [-0.2, 0) is 17.5 Å². The highest BCUT2D eigenvalue weighted by molar-refractivity contribution is 8.02. The summed E-state index contributed by atoms with van der Waals surface area (Å²) in [5.41, 5.74) is 1.85. The largest absolute Gasteiger partial charge is 0.491 e. The molecule has 0 radical (unpaired) electrons. The molecule has 3 aliphatic heterocycles. The average molecular weight is 434 g/mol. The first kappa shape index (κ1) is 17.8. The molecule has 0 aliphatic carbocycles. The van der Waals surface area contributed by atoms with E-state index in [4.69, 9.17) is 18.6 Å². The third kappa shape index (κ3) is 2.49. The van der Waals surface area contributed by atoms with Gasteiger partial charge in [-0.15, -0.1) is 0 Å². The second-order valence-electron chi connectivity index (χ2n) is 7.08. The van der Waals surface area contributed by atoms with Crippen molar-refractivity contribution in [1.82, 2.24) is 4.98 Å².